The van der Waals surface area contributed by atoms with E-state index < -0.39 is 9.84 Å². The molecule has 1 aromatic carbocycles. The monoisotopic (exact) mass is 376 g/mol. The largest absolute Gasteiger partial charge is 0.351 e. The predicted molar refractivity (Wildman–Crippen MR) is 94.1 cm³/mol. The first-order valence-electron chi connectivity index (χ1n) is 7.88. The van der Waals surface area contributed by atoms with Gasteiger partial charge in [0.05, 0.1) is 6.20 Å². The van der Waals surface area contributed by atoms with Crippen molar-refractivity contribution in [2.75, 3.05) is 12.8 Å². The number of aromatic nitrogens is 3. The Kier molecular flexibility index (Phi) is 4.73. The highest BCUT2D eigenvalue weighted by molar-refractivity contribution is 7.90. The van der Waals surface area contributed by atoms with Crippen molar-refractivity contribution in [3.05, 3.63) is 53.6 Å². The Morgan fingerprint density at radius 3 is 2.58 bits per heavy atom. The van der Waals surface area contributed by atoms with Gasteiger partial charge >= 0.3 is 0 Å². The number of halogens is 1. The summed E-state index contributed by atoms with van der Waals surface area (Å²) in [6.07, 6.45) is 2.21. The third-order valence-electron chi connectivity index (χ3n) is 3.78. The molecular weight excluding hydrogens is 359 g/mol. The first kappa shape index (κ1) is 18.0. The van der Waals surface area contributed by atoms with Crippen LogP contribution in [-0.2, 0) is 16.4 Å². The first-order valence-corrected chi connectivity index (χ1v) is 9.77. The fourth-order valence-electron chi connectivity index (χ4n) is 2.56. The molecule has 0 aliphatic carbocycles. The normalized spacial score (nSPS) is 11.7. The lowest BCUT2D eigenvalue weighted by molar-refractivity contribution is 0.0947. The summed E-state index contributed by atoms with van der Waals surface area (Å²) in [4.78, 5) is 20.7. The lowest BCUT2D eigenvalue weighted by Crippen LogP contribution is -2.25. The summed E-state index contributed by atoms with van der Waals surface area (Å²) in [7, 11) is -3.52. The van der Waals surface area contributed by atoms with E-state index in [2.05, 4.69) is 15.3 Å². The van der Waals surface area contributed by atoms with Gasteiger partial charge in [0.2, 0.25) is 0 Å². The number of fused-ring (bicyclic) bond motifs is 1. The number of hydrogen-bond acceptors (Lipinski definition) is 5. The average Bonchev–Trinajstić information content (AvgIpc) is 2.94. The van der Waals surface area contributed by atoms with Crippen molar-refractivity contribution < 1.29 is 17.6 Å². The van der Waals surface area contributed by atoms with Crippen LogP contribution in [-0.4, -0.2) is 41.7 Å². The number of benzene rings is 1. The molecule has 0 spiro atoms. The molecule has 9 heteroatoms. The van der Waals surface area contributed by atoms with Crippen LogP contribution in [0.2, 0.25) is 0 Å². The molecule has 2 heterocycles. The summed E-state index contributed by atoms with van der Waals surface area (Å²) in [5.41, 5.74) is 1.75. The van der Waals surface area contributed by atoms with Crippen LogP contribution in [0.4, 0.5) is 4.39 Å². The topological polar surface area (TPSA) is 93.9 Å². The minimum Gasteiger partial charge on any atom is -0.351 e. The lowest BCUT2D eigenvalue weighted by atomic mass is 10.2. The van der Waals surface area contributed by atoms with Crippen LogP contribution < -0.4 is 5.32 Å². The molecule has 7 nitrogen and oxygen atoms in total. The highest BCUT2D eigenvalue weighted by atomic mass is 32.2. The zero-order chi connectivity index (χ0) is 18.9. The molecule has 0 unspecified atom stereocenters. The van der Waals surface area contributed by atoms with Crippen molar-refractivity contribution in [2.45, 2.75) is 18.5 Å². The summed E-state index contributed by atoms with van der Waals surface area (Å²) in [6, 6.07) is 7.40. The Bertz CT molecular complexity index is 1080. The molecule has 0 saturated heterocycles. The van der Waals surface area contributed by atoms with E-state index in [0.29, 0.717) is 23.4 Å². The summed E-state index contributed by atoms with van der Waals surface area (Å²) in [5.74, 6) is -0.678. The second-order valence-corrected chi connectivity index (χ2v) is 7.75. The molecule has 0 atom stereocenters. The van der Waals surface area contributed by atoms with Crippen LogP contribution >= 0.6 is 0 Å². The van der Waals surface area contributed by atoms with E-state index in [1.807, 2.05) is 0 Å². The van der Waals surface area contributed by atoms with Gasteiger partial charge in [-0.25, -0.2) is 22.8 Å². The molecule has 0 bridgehead atoms. The van der Waals surface area contributed by atoms with Crippen LogP contribution in [0.15, 0.2) is 41.6 Å². The molecule has 26 heavy (non-hydrogen) atoms. The van der Waals surface area contributed by atoms with Gasteiger partial charge in [0, 0.05) is 19.3 Å². The number of nitrogens with zero attached hydrogens (tertiary/aromatic N) is 3. The Balaban J connectivity index is 2.15. The first-order chi connectivity index (χ1) is 12.3. The third-order valence-corrected chi connectivity index (χ3v) is 4.74. The minimum atomic E-state index is -3.52. The molecule has 0 aliphatic heterocycles. The van der Waals surface area contributed by atoms with Crippen molar-refractivity contribution in [2.24, 2.45) is 0 Å². The number of sulfone groups is 1. The molecule has 1 amide bonds. The highest BCUT2D eigenvalue weighted by Gasteiger charge is 2.19. The summed E-state index contributed by atoms with van der Waals surface area (Å²) < 4.78 is 38.2. The average molecular weight is 376 g/mol. The van der Waals surface area contributed by atoms with E-state index in [1.165, 1.54) is 24.4 Å². The quantitative estimate of drug-likeness (QED) is 0.732. The molecular formula is C17H17FN4O3S. The van der Waals surface area contributed by atoms with Gasteiger partial charge in [-0.05, 0) is 30.7 Å². The maximum absolute atomic E-state index is 13.1. The van der Waals surface area contributed by atoms with Gasteiger partial charge in [-0.1, -0.05) is 12.1 Å². The number of rotatable bonds is 5. The standard InChI is InChI=1S/C17H17FN4O3S/c1-3-19-17(23)14-8-13-16(20-9-15(21-13)26(2,24)25)22(14)10-11-4-6-12(18)7-5-11/h4-9H,3,10H2,1-2H3,(H,19,23). The molecule has 0 aliphatic rings. The van der Waals surface area contributed by atoms with Gasteiger partial charge in [0.15, 0.2) is 20.5 Å². The minimum absolute atomic E-state index is 0.161. The van der Waals surface area contributed by atoms with E-state index >= 15 is 0 Å². The molecule has 3 rings (SSSR count). The van der Waals surface area contributed by atoms with Gasteiger partial charge in [-0.15, -0.1) is 0 Å². The second kappa shape index (κ2) is 6.83. The van der Waals surface area contributed by atoms with Crippen LogP contribution in [0.3, 0.4) is 0 Å². The summed E-state index contributed by atoms with van der Waals surface area (Å²) in [5, 5.41) is 2.55. The van der Waals surface area contributed by atoms with Crippen LogP contribution in [0.5, 0.6) is 0 Å². The highest BCUT2D eigenvalue weighted by Crippen LogP contribution is 2.20. The zero-order valence-electron chi connectivity index (χ0n) is 14.2. The number of hydrogen-bond donors (Lipinski definition) is 1. The molecule has 0 fully saturated rings. The van der Waals surface area contributed by atoms with Crippen molar-refractivity contribution in [1.29, 1.82) is 0 Å². The van der Waals surface area contributed by atoms with E-state index in [0.717, 1.165) is 11.8 Å². The number of nitrogens with one attached hydrogen (secondary N) is 1. The van der Waals surface area contributed by atoms with Crippen LogP contribution in [0.25, 0.3) is 11.2 Å². The van der Waals surface area contributed by atoms with E-state index in [4.69, 9.17) is 0 Å². The molecule has 3 aromatic rings. The Morgan fingerprint density at radius 1 is 1.27 bits per heavy atom. The van der Waals surface area contributed by atoms with E-state index in [-0.39, 0.29) is 23.3 Å². The lowest BCUT2D eigenvalue weighted by Gasteiger charge is -2.10. The predicted octanol–water partition coefficient (Wildman–Crippen LogP) is 1.77. The SMILES string of the molecule is CCNC(=O)c1cc2nc(S(C)(=O)=O)cnc2n1Cc1ccc(F)cc1. The molecule has 0 saturated carbocycles. The van der Waals surface area contributed by atoms with Crippen molar-refractivity contribution in [3.8, 4) is 0 Å². The van der Waals surface area contributed by atoms with Crippen molar-refractivity contribution in [1.82, 2.24) is 19.9 Å². The summed E-state index contributed by atoms with van der Waals surface area (Å²) in [6.45, 7) is 2.50. The number of carbonyl (C=O) groups is 1. The molecule has 136 valence electrons. The fraction of sp³-hybridized carbons (Fsp3) is 0.235. The molecule has 0 radical (unpaired) electrons. The van der Waals surface area contributed by atoms with Gasteiger partial charge < -0.3 is 9.88 Å². The van der Waals surface area contributed by atoms with Gasteiger partial charge in [-0.3, -0.25) is 4.79 Å². The fourth-order valence-corrected chi connectivity index (χ4v) is 3.07. The second-order valence-electron chi connectivity index (χ2n) is 5.79. The molecule has 1 N–H and O–H groups in total. The van der Waals surface area contributed by atoms with Crippen molar-refractivity contribution >= 4 is 26.9 Å². The van der Waals surface area contributed by atoms with Gasteiger partial charge in [-0.2, -0.15) is 0 Å². The van der Waals surface area contributed by atoms with Crippen LogP contribution in [0.1, 0.15) is 23.0 Å². The Hall–Kier alpha value is -2.81. The number of carbonyl (C=O) groups excluding carboxylic acids is 1. The Morgan fingerprint density at radius 2 is 1.96 bits per heavy atom. The van der Waals surface area contributed by atoms with Crippen LogP contribution in [0, 0.1) is 5.82 Å². The zero-order valence-corrected chi connectivity index (χ0v) is 15.0. The maximum Gasteiger partial charge on any atom is 0.268 e. The van der Waals surface area contributed by atoms with Crippen molar-refractivity contribution in [3.63, 3.8) is 0 Å². The third kappa shape index (κ3) is 3.57. The Labute approximate surface area is 149 Å². The summed E-state index contributed by atoms with van der Waals surface area (Å²) >= 11 is 0. The van der Waals surface area contributed by atoms with Gasteiger partial charge in [0.25, 0.3) is 5.91 Å². The van der Waals surface area contributed by atoms with E-state index in [9.17, 15) is 17.6 Å². The smallest absolute Gasteiger partial charge is 0.268 e. The van der Waals surface area contributed by atoms with E-state index in [1.54, 1.807) is 23.6 Å². The number of amides is 1. The van der Waals surface area contributed by atoms with Gasteiger partial charge in [0.1, 0.15) is 17.0 Å². The maximum atomic E-state index is 13.1. The molecule has 2 aromatic heterocycles.